The summed E-state index contributed by atoms with van der Waals surface area (Å²) in [6.07, 6.45) is 2.81. The van der Waals surface area contributed by atoms with Gasteiger partial charge in [0.25, 0.3) is 11.8 Å². The Bertz CT molecular complexity index is 864. The van der Waals surface area contributed by atoms with Gasteiger partial charge in [-0.25, -0.2) is 4.39 Å². The minimum atomic E-state index is -0.328. The first-order valence-corrected chi connectivity index (χ1v) is 10.2. The molecular weight excluding hydrogens is 391 g/mol. The molecule has 9 heteroatoms. The van der Waals surface area contributed by atoms with E-state index in [1.807, 2.05) is 4.90 Å². The summed E-state index contributed by atoms with van der Waals surface area (Å²) in [6.45, 7) is 2.62. The van der Waals surface area contributed by atoms with Crippen LogP contribution in [0, 0.1) is 11.2 Å². The summed E-state index contributed by atoms with van der Waals surface area (Å²) in [7, 11) is 3.68. The van der Waals surface area contributed by atoms with Crippen molar-refractivity contribution in [3.8, 4) is 5.75 Å². The van der Waals surface area contributed by atoms with Crippen LogP contribution in [0.15, 0.2) is 28.8 Å². The lowest BCUT2D eigenvalue weighted by Gasteiger charge is -2.39. The van der Waals surface area contributed by atoms with Gasteiger partial charge in [0, 0.05) is 26.7 Å². The van der Waals surface area contributed by atoms with E-state index in [0.717, 1.165) is 25.8 Å². The zero-order valence-electron chi connectivity index (χ0n) is 17.3. The van der Waals surface area contributed by atoms with Crippen LogP contribution in [0.1, 0.15) is 37.0 Å². The monoisotopic (exact) mass is 418 g/mol. The van der Waals surface area contributed by atoms with Crippen molar-refractivity contribution >= 4 is 5.91 Å². The maximum absolute atomic E-state index is 13.0. The number of methoxy groups -OCH3 is 1. The number of likely N-dealkylation sites (tertiary alicyclic amines) is 2. The zero-order valence-corrected chi connectivity index (χ0v) is 17.3. The van der Waals surface area contributed by atoms with Crippen LogP contribution in [0.3, 0.4) is 0 Å². The molecule has 162 valence electrons. The molecule has 2 saturated heterocycles. The second kappa shape index (κ2) is 8.69. The number of nitrogens with zero attached hydrogens (tertiary/aromatic N) is 4. The summed E-state index contributed by atoms with van der Waals surface area (Å²) in [4.78, 5) is 21.1. The van der Waals surface area contributed by atoms with Crippen molar-refractivity contribution in [2.45, 2.75) is 31.9 Å². The standard InChI is InChI=1S/C21H27FN4O4/c1-25-14-21(11-17(25)20-23-18(12-28-2)30-24-20)7-9-26(10-8-21)19(27)13-29-16-5-3-15(22)4-6-16/h3-6,17H,7-14H2,1-2H3. The molecule has 0 saturated carbocycles. The van der Waals surface area contributed by atoms with Crippen molar-refractivity contribution in [1.82, 2.24) is 19.9 Å². The predicted octanol–water partition coefficient (Wildman–Crippen LogP) is 2.42. The third-order valence-corrected chi connectivity index (χ3v) is 6.15. The first kappa shape index (κ1) is 20.7. The molecule has 0 bridgehead atoms. The van der Waals surface area contributed by atoms with E-state index in [1.54, 1.807) is 7.11 Å². The fourth-order valence-electron chi connectivity index (χ4n) is 4.50. The lowest BCUT2D eigenvalue weighted by Crippen LogP contribution is -2.45. The summed E-state index contributed by atoms with van der Waals surface area (Å²) in [6, 6.07) is 5.80. The van der Waals surface area contributed by atoms with Gasteiger partial charge < -0.3 is 18.9 Å². The molecule has 2 aliphatic rings. The molecule has 8 nitrogen and oxygen atoms in total. The number of piperidine rings is 1. The van der Waals surface area contributed by atoms with E-state index >= 15 is 0 Å². The molecule has 0 aliphatic carbocycles. The van der Waals surface area contributed by atoms with E-state index in [-0.39, 0.29) is 29.8 Å². The maximum atomic E-state index is 13.0. The largest absolute Gasteiger partial charge is 0.484 e. The number of amides is 1. The molecule has 2 aromatic rings. The third-order valence-electron chi connectivity index (χ3n) is 6.15. The minimum absolute atomic E-state index is 0.0354. The van der Waals surface area contributed by atoms with Crippen molar-refractivity contribution in [2.75, 3.05) is 40.4 Å². The number of halogens is 1. The van der Waals surface area contributed by atoms with E-state index in [2.05, 4.69) is 22.1 Å². The maximum Gasteiger partial charge on any atom is 0.260 e. The SMILES string of the molecule is COCc1nc(C2CC3(CCN(C(=O)COc4ccc(F)cc4)CC3)CN2C)no1. The van der Waals surface area contributed by atoms with E-state index in [4.69, 9.17) is 14.0 Å². The van der Waals surface area contributed by atoms with Crippen molar-refractivity contribution < 1.29 is 23.2 Å². The highest BCUT2D eigenvalue weighted by atomic mass is 19.1. The molecule has 1 aromatic heterocycles. The molecule has 2 fully saturated rings. The van der Waals surface area contributed by atoms with Crippen LogP contribution in [0.2, 0.25) is 0 Å². The average molecular weight is 418 g/mol. The lowest BCUT2D eigenvalue weighted by atomic mass is 9.76. The summed E-state index contributed by atoms with van der Waals surface area (Å²) in [5.74, 6) is 1.31. The Hall–Kier alpha value is -2.52. The zero-order chi connectivity index (χ0) is 21.1. The fourth-order valence-corrected chi connectivity index (χ4v) is 4.50. The van der Waals surface area contributed by atoms with Gasteiger partial charge in [-0.05, 0) is 56.0 Å². The van der Waals surface area contributed by atoms with Crippen molar-refractivity contribution in [3.05, 3.63) is 41.8 Å². The molecule has 1 unspecified atom stereocenters. The number of rotatable bonds is 6. The summed E-state index contributed by atoms with van der Waals surface area (Å²) < 4.78 is 28.8. The molecule has 0 N–H and O–H groups in total. The summed E-state index contributed by atoms with van der Waals surface area (Å²) in [5.41, 5.74) is 0.149. The number of ether oxygens (including phenoxy) is 2. The number of hydrogen-bond acceptors (Lipinski definition) is 7. The van der Waals surface area contributed by atoms with E-state index < -0.39 is 0 Å². The van der Waals surface area contributed by atoms with Crippen LogP contribution in [0.4, 0.5) is 4.39 Å². The Kier molecular flexibility index (Phi) is 6.01. The van der Waals surface area contributed by atoms with Gasteiger partial charge in [-0.1, -0.05) is 5.16 Å². The number of carbonyl (C=O) groups is 1. The van der Waals surface area contributed by atoms with Gasteiger partial charge in [0.1, 0.15) is 18.2 Å². The second-order valence-electron chi connectivity index (χ2n) is 8.24. The topological polar surface area (TPSA) is 80.9 Å². The molecule has 3 heterocycles. The van der Waals surface area contributed by atoms with E-state index in [9.17, 15) is 9.18 Å². The smallest absolute Gasteiger partial charge is 0.260 e. The number of aromatic nitrogens is 2. The van der Waals surface area contributed by atoms with Crippen molar-refractivity contribution in [1.29, 1.82) is 0 Å². The molecule has 0 radical (unpaired) electrons. The van der Waals surface area contributed by atoms with Crippen LogP contribution in [-0.2, 0) is 16.1 Å². The van der Waals surface area contributed by atoms with Gasteiger partial charge in [0.2, 0.25) is 0 Å². The first-order valence-electron chi connectivity index (χ1n) is 10.2. The van der Waals surface area contributed by atoms with Gasteiger partial charge in [-0.15, -0.1) is 0 Å². The van der Waals surface area contributed by atoms with E-state index in [0.29, 0.717) is 37.2 Å². The lowest BCUT2D eigenvalue weighted by molar-refractivity contribution is -0.135. The van der Waals surface area contributed by atoms with Gasteiger partial charge in [-0.2, -0.15) is 4.98 Å². The van der Waals surface area contributed by atoms with Gasteiger partial charge in [-0.3, -0.25) is 9.69 Å². The molecule has 30 heavy (non-hydrogen) atoms. The fraction of sp³-hybridized carbons (Fsp3) is 0.571. The third kappa shape index (κ3) is 4.46. The Morgan fingerprint density at radius 2 is 2.03 bits per heavy atom. The Labute approximate surface area is 174 Å². The summed E-state index contributed by atoms with van der Waals surface area (Å²) in [5, 5.41) is 4.13. The highest BCUT2D eigenvalue weighted by Crippen LogP contribution is 2.47. The van der Waals surface area contributed by atoms with Gasteiger partial charge in [0.05, 0.1) is 6.04 Å². The molecule has 1 spiro atoms. The van der Waals surface area contributed by atoms with Crippen LogP contribution in [0.25, 0.3) is 0 Å². The highest BCUT2D eigenvalue weighted by molar-refractivity contribution is 5.77. The first-order chi connectivity index (χ1) is 14.5. The summed E-state index contributed by atoms with van der Waals surface area (Å²) >= 11 is 0. The van der Waals surface area contributed by atoms with E-state index in [1.165, 1.54) is 24.3 Å². The van der Waals surface area contributed by atoms with Crippen LogP contribution in [0.5, 0.6) is 5.75 Å². The molecule has 1 aromatic carbocycles. The van der Waals surface area contributed by atoms with Crippen LogP contribution >= 0.6 is 0 Å². The molecule has 2 aliphatic heterocycles. The van der Waals surface area contributed by atoms with Gasteiger partial charge in [0.15, 0.2) is 12.4 Å². The highest BCUT2D eigenvalue weighted by Gasteiger charge is 2.46. The number of carbonyl (C=O) groups excluding carboxylic acids is 1. The molecule has 4 rings (SSSR count). The Morgan fingerprint density at radius 3 is 2.73 bits per heavy atom. The Morgan fingerprint density at radius 1 is 1.30 bits per heavy atom. The average Bonchev–Trinajstić information content (AvgIpc) is 3.32. The normalized spacial score (nSPS) is 21.3. The quantitative estimate of drug-likeness (QED) is 0.713. The molecule has 1 atom stereocenters. The van der Waals surface area contributed by atoms with Crippen LogP contribution < -0.4 is 4.74 Å². The van der Waals surface area contributed by atoms with Crippen LogP contribution in [-0.4, -0.2) is 66.2 Å². The van der Waals surface area contributed by atoms with Gasteiger partial charge >= 0.3 is 0 Å². The minimum Gasteiger partial charge on any atom is -0.484 e. The number of hydrogen-bond donors (Lipinski definition) is 0. The van der Waals surface area contributed by atoms with Crippen molar-refractivity contribution in [2.24, 2.45) is 5.41 Å². The Balaban J connectivity index is 1.30. The second-order valence-corrected chi connectivity index (χ2v) is 8.24. The number of benzene rings is 1. The molecule has 1 amide bonds. The molecular formula is C21H27FN4O4. The van der Waals surface area contributed by atoms with Crippen molar-refractivity contribution in [3.63, 3.8) is 0 Å². The predicted molar refractivity (Wildman–Crippen MR) is 105 cm³/mol.